The summed E-state index contributed by atoms with van der Waals surface area (Å²) in [7, 11) is 1.77. The maximum Gasteiger partial charge on any atom is 0.220 e. The highest BCUT2D eigenvalue weighted by Gasteiger charge is 2.22. The predicted molar refractivity (Wildman–Crippen MR) is 115 cm³/mol. The highest BCUT2D eigenvalue weighted by Crippen LogP contribution is 2.18. The zero-order valence-electron chi connectivity index (χ0n) is 15.5. The summed E-state index contributed by atoms with van der Waals surface area (Å²) in [5.74, 6) is 0.957. The molecule has 5 nitrogen and oxygen atoms in total. The fraction of sp³-hybridized carbons (Fsp3) is 0.579. The molecule has 6 heteroatoms. The SMILES string of the molecule is CN=C(NCCCC(=O)NC1CC1)NCCc1cc(C)cc(C)c1.I. The molecule has 2 rings (SSSR count). The summed E-state index contributed by atoms with van der Waals surface area (Å²) in [6, 6.07) is 7.09. The van der Waals surface area contributed by atoms with Crippen LogP contribution in [-0.4, -0.2) is 38.0 Å². The van der Waals surface area contributed by atoms with Crippen LogP contribution in [0.5, 0.6) is 0 Å². The van der Waals surface area contributed by atoms with E-state index in [2.05, 4.69) is 53.0 Å². The average molecular weight is 458 g/mol. The number of aryl methyl sites for hydroxylation is 2. The number of benzene rings is 1. The Hall–Kier alpha value is -1.31. The minimum atomic E-state index is 0. The van der Waals surface area contributed by atoms with Crippen molar-refractivity contribution in [3.05, 3.63) is 34.9 Å². The molecular formula is C19H31IN4O. The van der Waals surface area contributed by atoms with Crippen molar-refractivity contribution in [3.8, 4) is 0 Å². The van der Waals surface area contributed by atoms with Gasteiger partial charge in [-0.15, -0.1) is 24.0 Å². The second-order valence-electron chi connectivity index (χ2n) is 6.62. The van der Waals surface area contributed by atoms with Gasteiger partial charge in [-0.3, -0.25) is 9.79 Å². The number of rotatable bonds is 8. The third-order valence-electron chi connectivity index (χ3n) is 4.03. The van der Waals surface area contributed by atoms with E-state index in [9.17, 15) is 4.79 Å². The molecule has 0 aliphatic heterocycles. The van der Waals surface area contributed by atoms with Crippen molar-refractivity contribution < 1.29 is 4.79 Å². The maximum atomic E-state index is 11.6. The van der Waals surface area contributed by atoms with Crippen molar-refractivity contribution in [2.24, 2.45) is 4.99 Å². The van der Waals surface area contributed by atoms with Crippen molar-refractivity contribution in [2.75, 3.05) is 20.1 Å². The lowest BCUT2D eigenvalue weighted by Gasteiger charge is -2.12. The molecule has 0 radical (unpaired) electrons. The van der Waals surface area contributed by atoms with Gasteiger partial charge in [0.1, 0.15) is 0 Å². The molecule has 1 aliphatic carbocycles. The van der Waals surface area contributed by atoms with Gasteiger partial charge >= 0.3 is 0 Å². The monoisotopic (exact) mass is 458 g/mol. The summed E-state index contributed by atoms with van der Waals surface area (Å²) >= 11 is 0. The molecule has 0 bridgehead atoms. The maximum absolute atomic E-state index is 11.6. The highest BCUT2D eigenvalue weighted by atomic mass is 127. The molecule has 0 saturated heterocycles. The van der Waals surface area contributed by atoms with E-state index in [4.69, 9.17) is 0 Å². The molecule has 140 valence electrons. The average Bonchev–Trinajstić information content (AvgIpc) is 3.32. The molecule has 25 heavy (non-hydrogen) atoms. The van der Waals surface area contributed by atoms with Crippen LogP contribution in [0.25, 0.3) is 0 Å². The lowest BCUT2D eigenvalue weighted by atomic mass is 10.1. The van der Waals surface area contributed by atoms with Crippen molar-refractivity contribution in [1.82, 2.24) is 16.0 Å². The summed E-state index contributed by atoms with van der Waals surface area (Å²) in [6.07, 6.45) is 4.63. The summed E-state index contributed by atoms with van der Waals surface area (Å²) in [5, 5.41) is 9.59. The van der Waals surface area contributed by atoms with Crippen LogP contribution in [0.2, 0.25) is 0 Å². The van der Waals surface area contributed by atoms with Crippen LogP contribution in [0.1, 0.15) is 42.4 Å². The first-order chi connectivity index (χ1) is 11.6. The molecule has 3 N–H and O–H groups in total. The normalized spacial score (nSPS) is 13.8. The number of nitrogens with one attached hydrogen (secondary N) is 3. The van der Waals surface area contributed by atoms with Gasteiger partial charge in [-0.05, 0) is 45.1 Å². The van der Waals surface area contributed by atoms with E-state index >= 15 is 0 Å². The third-order valence-corrected chi connectivity index (χ3v) is 4.03. The fourth-order valence-electron chi connectivity index (χ4n) is 2.74. The number of aliphatic imine (C=N–C) groups is 1. The van der Waals surface area contributed by atoms with Crippen molar-refractivity contribution in [1.29, 1.82) is 0 Å². The Morgan fingerprint density at radius 3 is 2.36 bits per heavy atom. The first-order valence-electron chi connectivity index (χ1n) is 8.88. The number of halogens is 1. The summed E-state index contributed by atoms with van der Waals surface area (Å²) in [6.45, 7) is 5.85. The number of carbonyl (C=O) groups is 1. The Balaban J connectivity index is 0.00000312. The Kier molecular flexibility index (Phi) is 9.85. The van der Waals surface area contributed by atoms with Gasteiger partial charge in [0.2, 0.25) is 5.91 Å². The van der Waals surface area contributed by atoms with Gasteiger partial charge in [-0.2, -0.15) is 0 Å². The lowest BCUT2D eigenvalue weighted by Crippen LogP contribution is -2.39. The van der Waals surface area contributed by atoms with Crippen LogP contribution < -0.4 is 16.0 Å². The van der Waals surface area contributed by atoms with Gasteiger partial charge in [-0.1, -0.05) is 29.3 Å². The van der Waals surface area contributed by atoms with E-state index in [1.807, 2.05) is 0 Å². The van der Waals surface area contributed by atoms with Crippen molar-refractivity contribution >= 4 is 35.8 Å². The van der Waals surface area contributed by atoms with Crippen LogP contribution in [0.15, 0.2) is 23.2 Å². The summed E-state index contributed by atoms with van der Waals surface area (Å²) < 4.78 is 0. The van der Waals surface area contributed by atoms with E-state index in [0.29, 0.717) is 12.5 Å². The zero-order valence-corrected chi connectivity index (χ0v) is 17.9. The van der Waals surface area contributed by atoms with Crippen molar-refractivity contribution in [2.45, 2.75) is 52.0 Å². The minimum absolute atomic E-state index is 0. The van der Waals surface area contributed by atoms with E-state index in [1.165, 1.54) is 16.7 Å². The molecule has 0 heterocycles. The Bertz CT molecular complexity index is 565. The standard InChI is InChI=1S/C19H30N4O.HI/c1-14-11-15(2)13-16(12-14)8-10-22-19(20-3)21-9-4-5-18(24)23-17-6-7-17;/h11-13,17H,4-10H2,1-3H3,(H,23,24)(H2,20,21,22);1H. The zero-order chi connectivity index (χ0) is 17.4. The van der Waals surface area contributed by atoms with Crippen molar-refractivity contribution in [3.63, 3.8) is 0 Å². The van der Waals surface area contributed by atoms with Gasteiger partial charge in [0.05, 0.1) is 0 Å². The predicted octanol–water partition coefficient (Wildman–Crippen LogP) is 2.69. The Labute approximate surface area is 168 Å². The smallest absolute Gasteiger partial charge is 0.220 e. The molecule has 1 amide bonds. The van der Waals surface area contributed by atoms with E-state index in [-0.39, 0.29) is 29.9 Å². The molecule has 0 aromatic heterocycles. The fourth-order valence-corrected chi connectivity index (χ4v) is 2.74. The van der Waals surface area contributed by atoms with Gasteiger partial charge in [-0.25, -0.2) is 0 Å². The van der Waals surface area contributed by atoms with Gasteiger partial charge in [0.15, 0.2) is 5.96 Å². The van der Waals surface area contributed by atoms with Crippen LogP contribution in [0.3, 0.4) is 0 Å². The molecule has 1 fully saturated rings. The summed E-state index contributed by atoms with van der Waals surface area (Å²) in [5.41, 5.74) is 3.95. The quantitative estimate of drug-likeness (QED) is 0.243. The Morgan fingerprint density at radius 1 is 1.12 bits per heavy atom. The first-order valence-corrected chi connectivity index (χ1v) is 8.88. The second kappa shape index (κ2) is 11.3. The molecule has 1 aliphatic rings. The topological polar surface area (TPSA) is 65.5 Å². The number of nitrogens with zero attached hydrogens (tertiary/aromatic N) is 1. The second-order valence-corrected chi connectivity index (χ2v) is 6.62. The van der Waals surface area contributed by atoms with Crippen LogP contribution >= 0.6 is 24.0 Å². The van der Waals surface area contributed by atoms with E-state index < -0.39 is 0 Å². The van der Waals surface area contributed by atoms with E-state index in [1.54, 1.807) is 7.05 Å². The van der Waals surface area contributed by atoms with Gasteiger partial charge in [0, 0.05) is 32.6 Å². The molecule has 1 saturated carbocycles. The van der Waals surface area contributed by atoms with Gasteiger partial charge < -0.3 is 16.0 Å². The van der Waals surface area contributed by atoms with Crippen LogP contribution in [0, 0.1) is 13.8 Å². The minimum Gasteiger partial charge on any atom is -0.356 e. The molecule has 1 aromatic rings. The summed E-state index contributed by atoms with van der Waals surface area (Å²) in [4.78, 5) is 15.8. The number of amides is 1. The van der Waals surface area contributed by atoms with Crippen LogP contribution in [-0.2, 0) is 11.2 Å². The lowest BCUT2D eigenvalue weighted by molar-refractivity contribution is -0.121. The first kappa shape index (κ1) is 21.7. The molecule has 0 unspecified atom stereocenters. The third kappa shape index (κ3) is 9.09. The van der Waals surface area contributed by atoms with E-state index in [0.717, 1.165) is 44.7 Å². The largest absolute Gasteiger partial charge is 0.356 e. The Morgan fingerprint density at radius 2 is 1.76 bits per heavy atom. The molecule has 0 atom stereocenters. The number of carbonyl (C=O) groups excluding carboxylic acids is 1. The highest BCUT2D eigenvalue weighted by molar-refractivity contribution is 14.0. The molecular weight excluding hydrogens is 427 g/mol. The van der Waals surface area contributed by atoms with Crippen LogP contribution in [0.4, 0.5) is 0 Å². The number of hydrogen-bond donors (Lipinski definition) is 3. The molecule has 1 aromatic carbocycles. The van der Waals surface area contributed by atoms with Gasteiger partial charge in [0.25, 0.3) is 0 Å². The number of hydrogen-bond acceptors (Lipinski definition) is 2. The molecule has 0 spiro atoms. The number of guanidine groups is 1.